The second-order valence-electron chi connectivity index (χ2n) is 4.11. The molecule has 1 heterocycles. The van der Waals surface area contributed by atoms with Crippen LogP contribution in [0.2, 0.25) is 0 Å². The molecule has 0 radical (unpaired) electrons. The number of nitrogens with one attached hydrogen (secondary N) is 1. The molecule has 94 valence electrons. The number of aromatic amines is 1. The first-order valence-electron chi connectivity index (χ1n) is 5.63. The Hall–Kier alpha value is -2.69. The van der Waals surface area contributed by atoms with Crippen molar-refractivity contribution in [3.05, 3.63) is 54.0 Å². The van der Waals surface area contributed by atoms with Crippen molar-refractivity contribution in [3.63, 3.8) is 0 Å². The molecule has 0 unspecified atom stereocenters. The average Bonchev–Trinajstić information content (AvgIpc) is 2.89. The molecule has 4 nitrogen and oxygen atoms in total. The molecule has 0 saturated heterocycles. The monoisotopic (exact) mass is 256 g/mol. The summed E-state index contributed by atoms with van der Waals surface area (Å²) in [4.78, 5) is 10.8. The first kappa shape index (κ1) is 11.4. The molecule has 2 N–H and O–H groups in total. The van der Waals surface area contributed by atoms with Gasteiger partial charge in [0.25, 0.3) is 0 Å². The summed E-state index contributed by atoms with van der Waals surface area (Å²) in [5, 5.41) is 16.5. The average molecular weight is 256 g/mol. The van der Waals surface area contributed by atoms with Crippen LogP contribution in [0, 0.1) is 5.82 Å². The Balaban J connectivity index is 2.24. The van der Waals surface area contributed by atoms with Gasteiger partial charge in [0.2, 0.25) is 0 Å². The van der Waals surface area contributed by atoms with E-state index in [9.17, 15) is 9.18 Å². The summed E-state index contributed by atoms with van der Waals surface area (Å²) < 4.78 is 13.7. The summed E-state index contributed by atoms with van der Waals surface area (Å²) >= 11 is 0. The smallest absolute Gasteiger partial charge is 0.353 e. The third kappa shape index (κ3) is 1.85. The molecule has 0 spiro atoms. The highest BCUT2D eigenvalue weighted by Crippen LogP contribution is 2.29. The van der Waals surface area contributed by atoms with E-state index < -0.39 is 5.97 Å². The SMILES string of the molecule is O=C(O)c1cc(-c2ccc(F)c3ccccc23)n[nH]1. The van der Waals surface area contributed by atoms with Gasteiger partial charge in [0.15, 0.2) is 0 Å². The molecule has 0 aliphatic rings. The summed E-state index contributed by atoms with van der Waals surface area (Å²) in [5.41, 5.74) is 1.18. The second kappa shape index (κ2) is 4.20. The minimum absolute atomic E-state index is 0.00315. The maximum absolute atomic E-state index is 13.7. The first-order chi connectivity index (χ1) is 9.16. The highest BCUT2D eigenvalue weighted by molar-refractivity contribution is 5.97. The van der Waals surface area contributed by atoms with Gasteiger partial charge in [-0.1, -0.05) is 24.3 Å². The summed E-state index contributed by atoms with van der Waals surface area (Å²) in [6, 6.07) is 11.4. The fourth-order valence-electron chi connectivity index (χ4n) is 2.05. The normalized spacial score (nSPS) is 10.8. The van der Waals surface area contributed by atoms with Crippen molar-refractivity contribution in [1.82, 2.24) is 10.2 Å². The molecule has 0 fully saturated rings. The number of aromatic carboxylic acids is 1. The predicted molar refractivity (Wildman–Crippen MR) is 68.4 cm³/mol. The first-order valence-corrected chi connectivity index (χ1v) is 5.63. The van der Waals surface area contributed by atoms with Gasteiger partial charge in [0.1, 0.15) is 11.5 Å². The molecule has 0 saturated carbocycles. The molecule has 0 aliphatic carbocycles. The lowest BCUT2D eigenvalue weighted by molar-refractivity contribution is 0.0690. The third-order valence-corrected chi connectivity index (χ3v) is 2.96. The van der Waals surface area contributed by atoms with E-state index in [1.807, 2.05) is 0 Å². The quantitative estimate of drug-likeness (QED) is 0.740. The van der Waals surface area contributed by atoms with Crippen LogP contribution in [-0.2, 0) is 0 Å². The van der Waals surface area contributed by atoms with Gasteiger partial charge in [-0.3, -0.25) is 5.10 Å². The lowest BCUT2D eigenvalue weighted by atomic mass is 10.0. The Morgan fingerprint density at radius 1 is 1.16 bits per heavy atom. The van der Waals surface area contributed by atoms with Crippen LogP contribution in [0.25, 0.3) is 22.0 Å². The summed E-state index contributed by atoms with van der Waals surface area (Å²) in [5.74, 6) is -1.39. The van der Waals surface area contributed by atoms with Gasteiger partial charge in [-0.05, 0) is 23.6 Å². The van der Waals surface area contributed by atoms with Gasteiger partial charge in [-0.2, -0.15) is 5.10 Å². The minimum Gasteiger partial charge on any atom is -0.477 e. The van der Waals surface area contributed by atoms with E-state index in [0.717, 1.165) is 0 Å². The van der Waals surface area contributed by atoms with Gasteiger partial charge < -0.3 is 5.11 Å². The van der Waals surface area contributed by atoms with E-state index in [0.29, 0.717) is 22.0 Å². The molecule has 19 heavy (non-hydrogen) atoms. The van der Waals surface area contributed by atoms with Crippen LogP contribution in [-0.4, -0.2) is 21.3 Å². The number of benzene rings is 2. The molecule has 0 amide bonds. The van der Waals surface area contributed by atoms with E-state index in [1.54, 1.807) is 30.3 Å². The lowest BCUT2D eigenvalue weighted by Gasteiger charge is -2.04. The summed E-state index contributed by atoms with van der Waals surface area (Å²) in [6.07, 6.45) is 0. The van der Waals surface area contributed by atoms with Crippen molar-refractivity contribution < 1.29 is 14.3 Å². The second-order valence-corrected chi connectivity index (χ2v) is 4.11. The van der Waals surface area contributed by atoms with E-state index in [4.69, 9.17) is 5.11 Å². The van der Waals surface area contributed by atoms with Crippen LogP contribution in [0.15, 0.2) is 42.5 Å². The van der Waals surface area contributed by atoms with Crippen LogP contribution < -0.4 is 0 Å². The van der Waals surface area contributed by atoms with E-state index in [1.165, 1.54) is 12.1 Å². The van der Waals surface area contributed by atoms with Crippen molar-refractivity contribution in [3.8, 4) is 11.3 Å². The Kier molecular flexibility index (Phi) is 2.52. The topological polar surface area (TPSA) is 66.0 Å². The number of hydrogen-bond acceptors (Lipinski definition) is 2. The van der Waals surface area contributed by atoms with Crippen LogP contribution >= 0.6 is 0 Å². The highest BCUT2D eigenvalue weighted by atomic mass is 19.1. The van der Waals surface area contributed by atoms with Crippen molar-refractivity contribution in [1.29, 1.82) is 0 Å². The predicted octanol–water partition coefficient (Wildman–Crippen LogP) is 3.07. The van der Waals surface area contributed by atoms with Crippen molar-refractivity contribution in [2.24, 2.45) is 0 Å². The zero-order chi connectivity index (χ0) is 13.4. The third-order valence-electron chi connectivity index (χ3n) is 2.96. The molecule has 0 bridgehead atoms. The molecule has 2 aromatic carbocycles. The summed E-state index contributed by atoms with van der Waals surface area (Å²) in [7, 11) is 0. The number of hydrogen-bond donors (Lipinski definition) is 2. The standard InChI is InChI=1S/C14H9FN2O2/c15-11-6-5-10(8-3-1-2-4-9(8)11)12-7-13(14(18)19)17-16-12/h1-7H,(H,16,17)(H,18,19). The summed E-state index contributed by atoms with van der Waals surface area (Å²) in [6.45, 7) is 0. The Morgan fingerprint density at radius 2 is 1.89 bits per heavy atom. The molecule has 0 aliphatic heterocycles. The number of rotatable bonds is 2. The van der Waals surface area contributed by atoms with Crippen LogP contribution in [0.3, 0.4) is 0 Å². The Morgan fingerprint density at radius 3 is 2.58 bits per heavy atom. The van der Waals surface area contributed by atoms with Crippen molar-refractivity contribution in [2.75, 3.05) is 0 Å². The van der Waals surface area contributed by atoms with Gasteiger partial charge >= 0.3 is 5.97 Å². The number of halogens is 1. The van der Waals surface area contributed by atoms with E-state index in [2.05, 4.69) is 10.2 Å². The molecular weight excluding hydrogens is 247 g/mol. The Labute approximate surface area is 107 Å². The van der Waals surface area contributed by atoms with Crippen molar-refractivity contribution in [2.45, 2.75) is 0 Å². The van der Waals surface area contributed by atoms with Crippen LogP contribution in [0.5, 0.6) is 0 Å². The fraction of sp³-hybridized carbons (Fsp3) is 0. The maximum Gasteiger partial charge on any atom is 0.353 e. The maximum atomic E-state index is 13.7. The zero-order valence-corrected chi connectivity index (χ0v) is 9.72. The molecule has 3 rings (SSSR count). The van der Waals surface area contributed by atoms with Crippen molar-refractivity contribution >= 4 is 16.7 Å². The number of carboxylic acids is 1. The molecule has 1 aromatic heterocycles. The number of nitrogens with zero attached hydrogens (tertiary/aromatic N) is 1. The van der Waals surface area contributed by atoms with Gasteiger partial charge in [-0.15, -0.1) is 0 Å². The zero-order valence-electron chi connectivity index (χ0n) is 9.72. The van der Waals surface area contributed by atoms with Crippen LogP contribution in [0.1, 0.15) is 10.5 Å². The highest BCUT2D eigenvalue weighted by Gasteiger charge is 2.12. The number of aromatic nitrogens is 2. The molecular formula is C14H9FN2O2. The Bertz CT molecular complexity index is 780. The van der Waals surface area contributed by atoms with Gasteiger partial charge in [-0.25, -0.2) is 9.18 Å². The lowest BCUT2D eigenvalue weighted by Crippen LogP contribution is -1.95. The van der Waals surface area contributed by atoms with Gasteiger partial charge in [0.05, 0.1) is 5.69 Å². The molecule has 3 aromatic rings. The number of carbonyl (C=O) groups is 1. The largest absolute Gasteiger partial charge is 0.477 e. The van der Waals surface area contributed by atoms with Crippen LogP contribution in [0.4, 0.5) is 4.39 Å². The van der Waals surface area contributed by atoms with Gasteiger partial charge in [0, 0.05) is 10.9 Å². The molecule has 0 atom stereocenters. The minimum atomic E-state index is -1.08. The number of H-pyrrole nitrogens is 1. The molecule has 5 heteroatoms. The number of carboxylic acid groups (broad SMARTS) is 1. The number of fused-ring (bicyclic) bond motifs is 1. The van der Waals surface area contributed by atoms with E-state index in [-0.39, 0.29) is 11.5 Å². The van der Waals surface area contributed by atoms with E-state index >= 15 is 0 Å². The fourth-order valence-corrected chi connectivity index (χ4v) is 2.05.